The number of unbranched alkanes of at least 4 members (excludes halogenated alkanes) is 2. The Morgan fingerprint density at radius 2 is 2.00 bits per heavy atom. The fourth-order valence-corrected chi connectivity index (χ4v) is 5.26. The minimum absolute atomic E-state index is 0.0402. The van der Waals surface area contributed by atoms with Gasteiger partial charge < -0.3 is 4.42 Å². The Kier molecular flexibility index (Phi) is 4.73. The van der Waals surface area contributed by atoms with E-state index in [4.69, 9.17) is 4.42 Å². The lowest BCUT2D eigenvalue weighted by atomic mass is 10.1. The first-order chi connectivity index (χ1) is 9.40. The van der Waals surface area contributed by atoms with Gasteiger partial charge in [0.15, 0.2) is 0 Å². The number of para-hydroxylation sites is 1. The fraction of sp³-hybridized carbons (Fsp3) is 0.312. The van der Waals surface area contributed by atoms with E-state index in [1.165, 1.54) is 46.8 Å². The van der Waals surface area contributed by atoms with Gasteiger partial charge in [0.2, 0.25) is 0 Å². The van der Waals surface area contributed by atoms with Gasteiger partial charge in [-0.1, -0.05) is 67.9 Å². The Morgan fingerprint density at radius 1 is 1.11 bits per heavy atom. The Balaban J connectivity index is 1.86. The molecule has 0 N–H and O–H groups in total. The van der Waals surface area contributed by atoms with Gasteiger partial charge in [0.25, 0.3) is 0 Å². The topological polar surface area (TPSA) is 13.1 Å². The standard InChI is InChI=1S/C16H16I2O/c17-10-5-1-2-7-14-16-13(9-11-18-14)12-6-3-4-8-15(12)19-16/h3-4,6,8-9,11H,1-2,5,7,10H2. The zero-order valence-corrected chi connectivity index (χ0v) is 15.0. The quantitative estimate of drug-likeness (QED) is 0.296. The second kappa shape index (κ2) is 6.52. The van der Waals surface area contributed by atoms with Gasteiger partial charge in [0.05, 0.1) is 0 Å². The van der Waals surface area contributed by atoms with Crippen molar-refractivity contribution < 1.29 is 4.42 Å². The molecule has 3 rings (SSSR count). The number of furan rings is 1. The Bertz CT molecular complexity index is 637. The smallest absolute Gasteiger partial charge is 0.144 e. The van der Waals surface area contributed by atoms with E-state index in [0.29, 0.717) is 0 Å². The SMILES string of the molecule is ICCCCCC1=IC=Cc2c1oc1ccccc21. The lowest BCUT2D eigenvalue weighted by molar-refractivity contribution is 0.602. The van der Waals surface area contributed by atoms with E-state index in [1.807, 2.05) is 0 Å². The van der Waals surface area contributed by atoms with Crippen molar-refractivity contribution >= 4 is 63.9 Å². The van der Waals surface area contributed by atoms with Gasteiger partial charge in [-0.05, 0) is 39.9 Å². The van der Waals surface area contributed by atoms with E-state index >= 15 is 0 Å². The maximum absolute atomic E-state index is 6.10. The summed E-state index contributed by atoms with van der Waals surface area (Å²) in [6.07, 6.45) is 7.48. The van der Waals surface area contributed by atoms with Gasteiger partial charge in [0, 0.05) is 14.5 Å². The average molecular weight is 478 g/mol. The van der Waals surface area contributed by atoms with Crippen molar-refractivity contribution in [3.63, 3.8) is 0 Å². The molecule has 1 nitrogen and oxygen atoms in total. The lowest BCUT2D eigenvalue weighted by Crippen LogP contribution is -2.00. The van der Waals surface area contributed by atoms with Crippen molar-refractivity contribution in [1.82, 2.24) is 0 Å². The molecule has 0 saturated heterocycles. The van der Waals surface area contributed by atoms with Crippen LogP contribution in [-0.2, 0) is 0 Å². The highest BCUT2D eigenvalue weighted by molar-refractivity contribution is 14.2. The van der Waals surface area contributed by atoms with E-state index < -0.39 is 0 Å². The van der Waals surface area contributed by atoms with Gasteiger partial charge in [-0.25, -0.2) is 0 Å². The van der Waals surface area contributed by atoms with Crippen LogP contribution in [0.4, 0.5) is 0 Å². The van der Waals surface area contributed by atoms with Crippen LogP contribution >= 0.6 is 43.3 Å². The van der Waals surface area contributed by atoms with Crippen LogP contribution in [0, 0.1) is 0 Å². The monoisotopic (exact) mass is 478 g/mol. The molecule has 0 spiro atoms. The molecular formula is C16H16I2O. The molecule has 0 aliphatic carbocycles. The normalized spacial score (nSPS) is 14.1. The second-order valence-electron chi connectivity index (χ2n) is 4.65. The number of hydrogen-bond acceptors (Lipinski definition) is 1. The molecule has 1 aromatic heterocycles. The maximum Gasteiger partial charge on any atom is 0.144 e. The Hall–Kier alpha value is -0.170. The Labute approximate surface area is 137 Å². The summed E-state index contributed by atoms with van der Waals surface area (Å²) in [6, 6.07) is 8.39. The molecule has 0 amide bonds. The third kappa shape index (κ3) is 2.96. The molecule has 0 atom stereocenters. The molecule has 1 aliphatic rings. The van der Waals surface area contributed by atoms with E-state index in [-0.39, 0.29) is 20.7 Å². The molecule has 3 heteroatoms. The minimum atomic E-state index is 0.0402. The number of alkyl halides is 1. The highest BCUT2D eigenvalue weighted by Gasteiger charge is 2.17. The van der Waals surface area contributed by atoms with Crippen molar-refractivity contribution in [2.75, 3.05) is 4.43 Å². The summed E-state index contributed by atoms with van der Waals surface area (Å²) in [5.41, 5.74) is 2.35. The summed E-state index contributed by atoms with van der Waals surface area (Å²) in [4.78, 5) is 0. The number of benzene rings is 1. The molecule has 0 fully saturated rings. The third-order valence-electron chi connectivity index (χ3n) is 3.33. The highest BCUT2D eigenvalue weighted by atomic mass is 127. The van der Waals surface area contributed by atoms with Crippen LogP contribution in [0.3, 0.4) is 0 Å². The van der Waals surface area contributed by atoms with Gasteiger partial charge in [-0.3, -0.25) is 0 Å². The van der Waals surface area contributed by atoms with E-state index in [9.17, 15) is 0 Å². The predicted octanol–water partition coefficient (Wildman–Crippen LogP) is 5.90. The molecule has 0 radical (unpaired) electrons. The second-order valence-corrected chi connectivity index (χ2v) is 8.37. The van der Waals surface area contributed by atoms with Gasteiger partial charge in [-0.15, -0.1) is 0 Å². The van der Waals surface area contributed by atoms with Crippen molar-refractivity contribution in [1.29, 1.82) is 0 Å². The van der Waals surface area contributed by atoms with E-state index in [1.54, 1.807) is 3.51 Å². The van der Waals surface area contributed by atoms with Crippen LogP contribution < -0.4 is 0 Å². The van der Waals surface area contributed by atoms with Crippen LogP contribution in [0.1, 0.15) is 37.0 Å². The first-order valence-corrected chi connectivity index (χ1v) is 10.5. The minimum Gasteiger partial charge on any atom is -0.455 e. The van der Waals surface area contributed by atoms with Crippen molar-refractivity contribution in [2.24, 2.45) is 0 Å². The van der Waals surface area contributed by atoms with Gasteiger partial charge in [-0.2, -0.15) is 0 Å². The van der Waals surface area contributed by atoms with Crippen molar-refractivity contribution in [3.05, 3.63) is 39.7 Å². The van der Waals surface area contributed by atoms with Crippen LogP contribution in [0.25, 0.3) is 17.0 Å². The fourth-order valence-electron chi connectivity index (χ4n) is 2.37. The molecular weight excluding hydrogens is 462 g/mol. The molecule has 0 unspecified atom stereocenters. The number of hydrogen-bond donors (Lipinski definition) is 0. The zero-order chi connectivity index (χ0) is 13.1. The van der Waals surface area contributed by atoms with E-state index in [0.717, 1.165) is 5.58 Å². The molecule has 2 heterocycles. The van der Waals surface area contributed by atoms with Gasteiger partial charge in [0.1, 0.15) is 11.3 Å². The summed E-state index contributed by atoms with van der Waals surface area (Å²) in [5.74, 6) is 1.19. The number of fused-ring (bicyclic) bond motifs is 3. The van der Waals surface area contributed by atoms with Crippen LogP contribution in [0.5, 0.6) is 0 Å². The van der Waals surface area contributed by atoms with Crippen LogP contribution in [-0.4, -0.2) is 7.94 Å². The molecule has 1 aliphatic heterocycles. The molecule has 19 heavy (non-hydrogen) atoms. The molecule has 1 aromatic carbocycles. The molecule has 0 saturated carbocycles. The summed E-state index contributed by atoms with van der Waals surface area (Å²) < 4.78 is 11.3. The summed E-state index contributed by atoms with van der Waals surface area (Å²) in [5, 5.41) is 1.27. The van der Waals surface area contributed by atoms with Gasteiger partial charge >= 0.3 is 0 Å². The van der Waals surface area contributed by atoms with Crippen molar-refractivity contribution in [3.8, 4) is 0 Å². The largest absolute Gasteiger partial charge is 0.455 e. The number of halogens is 2. The molecule has 0 bridgehead atoms. The summed E-state index contributed by atoms with van der Waals surface area (Å²) >= 11 is 2.50. The van der Waals surface area contributed by atoms with E-state index in [2.05, 4.69) is 57.0 Å². The highest BCUT2D eigenvalue weighted by Crippen LogP contribution is 2.34. The van der Waals surface area contributed by atoms with Crippen molar-refractivity contribution in [2.45, 2.75) is 25.7 Å². The molecule has 100 valence electrons. The zero-order valence-electron chi connectivity index (χ0n) is 10.7. The Morgan fingerprint density at radius 3 is 2.89 bits per heavy atom. The summed E-state index contributed by atoms with van der Waals surface area (Å²) in [7, 11) is 0. The third-order valence-corrected chi connectivity index (χ3v) is 6.60. The van der Waals surface area contributed by atoms with Crippen LogP contribution in [0.2, 0.25) is 0 Å². The predicted molar refractivity (Wildman–Crippen MR) is 101 cm³/mol. The van der Waals surface area contributed by atoms with Crippen LogP contribution in [0.15, 0.2) is 32.8 Å². The molecule has 2 aromatic rings. The first-order valence-electron chi connectivity index (χ1n) is 6.64. The lowest BCUT2D eigenvalue weighted by Gasteiger charge is -2.07. The summed E-state index contributed by atoms with van der Waals surface area (Å²) in [6.45, 7) is 0. The first kappa shape index (κ1) is 13.8. The number of rotatable bonds is 5. The maximum atomic E-state index is 6.10. The average Bonchev–Trinajstić information content (AvgIpc) is 2.83.